The van der Waals surface area contributed by atoms with Crippen LogP contribution in [0.2, 0.25) is 0 Å². The lowest BCUT2D eigenvalue weighted by molar-refractivity contribution is 0.0948. The Balaban J connectivity index is 1.73. The molecule has 3 heterocycles. The Bertz CT molecular complexity index is 1090. The second-order valence-corrected chi connectivity index (χ2v) is 6.23. The molecule has 3 N–H and O–H groups in total. The third-order valence-corrected chi connectivity index (χ3v) is 4.34. The van der Waals surface area contributed by atoms with Crippen molar-refractivity contribution in [3.63, 3.8) is 0 Å². The highest BCUT2D eigenvalue weighted by molar-refractivity contribution is 7.11. The van der Waals surface area contributed by atoms with E-state index in [4.69, 9.17) is 5.73 Å². The van der Waals surface area contributed by atoms with Crippen molar-refractivity contribution < 1.29 is 9.42 Å². The van der Waals surface area contributed by atoms with Crippen molar-refractivity contribution in [2.45, 2.75) is 0 Å². The molecule has 0 saturated heterocycles. The normalized spacial score (nSPS) is 11.1. The van der Waals surface area contributed by atoms with Gasteiger partial charge in [0.1, 0.15) is 5.69 Å². The highest BCUT2D eigenvalue weighted by atomic mass is 32.1. The summed E-state index contributed by atoms with van der Waals surface area (Å²) in [4.78, 5) is 13.7. The molecule has 0 aliphatic carbocycles. The molecule has 0 fully saturated rings. The zero-order valence-corrected chi connectivity index (χ0v) is 14.5. The summed E-state index contributed by atoms with van der Waals surface area (Å²) in [6.45, 7) is 0. The van der Waals surface area contributed by atoms with Gasteiger partial charge in [0.25, 0.3) is 5.91 Å². The highest BCUT2D eigenvalue weighted by Crippen LogP contribution is 2.24. The maximum absolute atomic E-state index is 12.8. The molecule has 0 saturated carbocycles. The number of hydrogen-bond donors (Lipinski definition) is 2. The Morgan fingerprint density at radius 2 is 2.07 bits per heavy atom. The first-order valence-corrected chi connectivity index (χ1v) is 8.58. The molecule has 1 amide bonds. The van der Waals surface area contributed by atoms with E-state index >= 15 is 0 Å². The van der Waals surface area contributed by atoms with Crippen LogP contribution >= 0.6 is 11.3 Å². The van der Waals surface area contributed by atoms with Crippen LogP contribution in [0.3, 0.4) is 0 Å². The van der Waals surface area contributed by atoms with E-state index < -0.39 is 5.91 Å². The molecule has 3 aromatic heterocycles. The summed E-state index contributed by atoms with van der Waals surface area (Å²) in [6, 6.07) is 12.9. The van der Waals surface area contributed by atoms with Crippen molar-refractivity contribution in [3.05, 3.63) is 58.4 Å². The number of hydrogen-bond acceptors (Lipinski definition) is 9. The number of nitrogens with zero attached hydrogens (tertiary/aromatic N) is 6. The minimum absolute atomic E-state index is 0.0179. The van der Waals surface area contributed by atoms with Gasteiger partial charge in [-0.15, -0.1) is 16.4 Å². The minimum atomic E-state index is -0.533. The number of aromatic nitrogens is 5. The van der Waals surface area contributed by atoms with Crippen LogP contribution in [0, 0.1) is 0 Å². The third-order valence-electron chi connectivity index (χ3n) is 3.53. The summed E-state index contributed by atoms with van der Waals surface area (Å²) in [5, 5.41) is 21.2. The van der Waals surface area contributed by atoms with E-state index in [1.165, 1.54) is 16.0 Å². The fourth-order valence-electron chi connectivity index (χ4n) is 2.33. The van der Waals surface area contributed by atoms with Gasteiger partial charge in [-0.3, -0.25) is 4.79 Å². The molecule has 0 aliphatic rings. The predicted octanol–water partition coefficient (Wildman–Crippen LogP) is 1.72. The number of amides is 1. The molecule has 0 spiro atoms. The van der Waals surface area contributed by atoms with E-state index in [0.717, 1.165) is 4.88 Å². The van der Waals surface area contributed by atoms with Crippen LogP contribution in [0.1, 0.15) is 15.4 Å². The van der Waals surface area contributed by atoms with Gasteiger partial charge in [-0.05, 0) is 21.8 Å². The second kappa shape index (κ2) is 7.17. The van der Waals surface area contributed by atoms with E-state index in [-0.39, 0.29) is 17.3 Å². The summed E-state index contributed by atoms with van der Waals surface area (Å²) < 4.78 is 5.78. The van der Waals surface area contributed by atoms with Gasteiger partial charge in [0.2, 0.25) is 11.6 Å². The average Bonchev–Trinajstić information content (AvgIpc) is 3.42. The molecule has 0 atom stereocenters. The summed E-state index contributed by atoms with van der Waals surface area (Å²) in [7, 11) is 0. The number of benzene rings is 1. The zero-order chi connectivity index (χ0) is 18.6. The lowest BCUT2D eigenvalue weighted by Gasteiger charge is -2.04. The molecule has 0 bridgehead atoms. The first-order chi connectivity index (χ1) is 13.2. The summed E-state index contributed by atoms with van der Waals surface area (Å²) >= 11 is 1.50. The van der Waals surface area contributed by atoms with Crippen LogP contribution < -0.4 is 11.2 Å². The Hall–Kier alpha value is -3.86. The number of hydrazone groups is 1. The highest BCUT2D eigenvalue weighted by Gasteiger charge is 2.25. The lowest BCUT2D eigenvalue weighted by atomic mass is 10.1. The predicted molar refractivity (Wildman–Crippen MR) is 98.4 cm³/mol. The van der Waals surface area contributed by atoms with E-state index in [9.17, 15) is 4.79 Å². The lowest BCUT2D eigenvalue weighted by Crippen LogP contribution is -2.22. The molecule has 1 aromatic carbocycles. The van der Waals surface area contributed by atoms with Gasteiger partial charge in [0.15, 0.2) is 5.69 Å². The smallest absolute Gasteiger partial charge is 0.292 e. The number of nitrogens with one attached hydrogen (secondary N) is 1. The first kappa shape index (κ1) is 16.6. The first-order valence-electron chi connectivity index (χ1n) is 7.70. The largest absolute Gasteiger partial charge is 0.378 e. The fraction of sp³-hybridized carbons (Fsp3) is 0. The number of nitrogens with two attached hydrogens (primary N) is 1. The van der Waals surface area contributed by atoms with Gasteiger partial charge in [0.05, 0.1) is 6.21 Å². The molecule has 0 unspecified atom stereocenters. The van der Waals surface area contributed by atoms with Crippen LogP contribution in [0.25, 0.3) is 17.1 Å². The van der Waals surface area contributed by atoms with Crippen molar-refractivity contribution in [1.29, 1.82) is 0 Å². The van der Waals surface area contributed by atoms with Crippen molar-refractivity contribution in [1.82, 2.24) is 30.7 Å². The quantitative estimate of drug-likeness (QED) is 0.397. The van der Waals surface area contributed by atoms with Crippen molar-refractivity contribution >= 4 is 29.3 Å². The maximum atomic E-state index is 12.8. The van der Waals surface area contributed by atoms with E-state index in [1.54, 1.807) is 6.21 Å². The Kier molecular flexibility index (Phi) is 4.41. The molecule has 134 valence electrons. The number of rotatable bonds is 5. The van der Waals surface area contributed by atoms with Gasteiger partial charge in [-0.2, -0.15) is 9.78 Å². The summed E-state index contributed by atoms with van der Waals surface area (Å²) in [5.41, 5.74) is 9.36. The Labute approximate surface area is 156 Å². The molecular weight excluding hydrogens is 368 g/mol. The van der Waals surface area contributed by atoms with E-state index in [2.05, 4.69) is 35.8 Å². The number of anilines is 1. The standard InChI is InChI=1S/C16H12N8O2S/c17-14-15(22-26-21-14)24-13(12(19-23-24)10-5-2-1-3-6-10)16(25)20-18-9-11-7-4-8-27-11/h1-9H,(H2,17,21)(H,20,25). The van der Waals surface area contributed by atoms with E-state index in [1.807, 2.05) is 47.8 Å². The van der Waals surface area contributed by atoms with Gasteiger partial charge < -0.3 is 5.73 Å². The van der Waals surface area contributed by atoms with E-state index in [0.29, 0.717) is 11.3 Å². The van der Waals surface area contributed by atoms with Crippen molar-refractivity contribution in [3.8, 4) is 17.1 Å². The Morgan fingerprint density at radius 1 is 1.22 bits per heavy atom. The number of carbonyl (C=O) groups excluding carboxylic acids is 1. The van der Waals surface area contributed by atoms with Crippen LogP contribution in [0.5, 0.6) is 0 Å². The summed E-state index contributed by atoms with van der Waals surface area (Å²) in [5.74, 6) is -0.484. The molecule has 4 rings (SSSR count). The van der Waals surface area contributed by atoms with Gasteiger partial charge in [-0.25, -0.2) is 10.1 Å². The van der Waals surface area contributed by atoms with Crippen molar-refractivity contribution in [2.24, 2.45) is 5.10 Å². The van der Waals surface area contributed by atoms with Gasteiger partial charge in [-0.1, -0.05) is 41.6 Å². The van der Waals surface area contributed by atoms with Gasteiger partial charge >= 0.3 is 0 Å². The van der Waals surface area contributed by atoms with Crippen LogP contribution in [0.4, 0.5) is 5.82 Å². The maximum Gasteiger partial charge on any atom is 0.292 e. The third kappa shape index (κ3) is 3.30. The minimum Gasteiger partial charge on any atom is -0.378 e. The van der Waals surface area contributed by atoms with Crippen LogP contribution in [0.15, 0.2) is 57.6 Å². The molecule has 0 aliphatic heterocycles. The average molecular weight is 380 g/mol. The molecule has 27 heavy (non-hydrogen) atoms. The number of nitrogen functional groups attached to an aromatic ring is 1. The zero-order valence-electron chi connectivity index (χ0n) is 13.7. The monoisotopic (exact) mass is 380 g/mol. The molecule has 0 radical (unpaired) electrons. The molecule has 10 nitrogen and oxygen atoms in total. The van der Waals surface area contributed by atoms with Crippen LogP contribution in [-0.2, 0) is 0 Å². The Morgan fingerprint density at radius 3 is 2.78 bits per heavy atom. The number of thiophene rings is 1. The second-order valence-electron chi connectivity index (χ2n) is 5.25. The molecular formula is C16H12N8O2S. The summed E-state index contributed by atoms with van der Waals surface area (Å²) in [6.07, 6.45) is 1.55. The SMILES string of the molecule is Nc1nonc1-n1nnc(-c2ccccc2)c1C(=O)NN=Cc1cccs1. The fourth-order valence-corrected chi connectivity index (χ4v) is 2.92. The molecule has 11 heteroatoms. The van der Waals surface area contributed by atoms with Crippen LogP contribution in [-0.4, -0.2) is 37.4 Å². The topological polar surface area (TPSA) is 137 Å². The number of carbonyl (C=O) groups is 1. The molecule has 4 aromatic rings. The van der Waals surface area contributed by atoms with Gasteiger partial charge in [0, 0.05) is 10.4 Å². The van der Waals surface area contributed by atoms with Crippen molar-refractivity contribution in [2.75, 3.05) is 5.73 Å².